The SMILES string of the molecule is CC(C)C[C@H](NC(=O)[C@@H](N)CC(=O)O)C(=O)N[C@@H](CCC(N)=O)C(=O)N[C@@H](C)C(=O)N[C@@H](CCC(N)=O)C(=O)N[C@@H](CO)C(=O)N[C@@H](CCCCN)C(=O)NCC(=O)N[C@@H](CC(N)=O)C(=O)N1CCC[C@H]1C(=O)N[C@@H](CCC(=O)O)C(=O)N[C@@H](CCC(N)=O)C(=O)N[C@H](C(=O)N1CCC[C@H]1C(=O)N[C@H](C(=O)O)C(C)C)[C@@H](C)O. The average molecular weight is 1610 g/mol. The summed E-state index contributed by atoms with van der Waals surface area (Å²) in [6.07, 6.45) is -7.74. The van der Waals surface area contributed by atoms with Crippen LogP contribution in [-0.2, 0) is 101 Å². The third-order valence-corrected chi connectivity index (χ3v) is 17.9. The molecule has 2 saturated heterocycles. The monoisotopic (exact) mass is 1610 g/mol. The number of carboxylic acids is 3. The largest absolute Gasteiger partial charge is 0.481 e. The molecule has 634 valence electrons. The first-order chi connectivity index (χ1) is 52.8. The highest BCUT2D eigenvalue weighted by atomic mass is 16.4. The van der Waals surface area contributed by atoms with Gasteiger partial charge in [0.25, 0.3) is 0 Å². The van der Waals surface area contributed by atoms with Gasteiger partial charge in [-0.3, -0.25) is 95.9 Å². The van der Waals surface area contributed by atoms with Crippen LogP contribution in [0, 0.1) is 11.8 Å². The number of carbonyl (C=O) groups excluding carboxylic acids is 18. The molecule has 113 heavy (non-hydrogen) atoms. The first kappa shape index (κ1) is 97.8. The minimum atomic E-state index is -1.94. The fourth-order valence-corrected chi connectivity index (χ4v) is 11.8. The molecule has 0 saturated carbocycles. The van der Waals surface area contributed by atoms with Crippen molar-refractivity contribution in [2.24, 2.45) is 46.2 Å². The van der Waals surface area contributed by atoms with E-state index in [2.05, 4.69) is 63.8 Å². The molecule has 2 aliphatic heterocycles. The number of aliphatic hydroxyl groups excluding tert-OH is 2. The van der Waals surface area contributed by atoms with Gasteiger partial charge in [0, 0.05) is 38.8 Å². The standard InChI is InChI=1S/C67H110N20O26/c1-30(2)25-40(82-55(100)34(69)26-51(97)98)61(106)80-36(14-18-45(70)90)57(102)75-32(5)54(99)77-37(15-19-46(71)91)59(104)83-42(29-88)62(107)78-35(11-7-8-22-68)56(101)74-28-49(94)76-41(27-48(73)93)65(110)86-23-9-12-43(86)63(108)81-39(17-21-50(95)96)58(103)79-38(16-20-47(72)92)60(105)85-53(33(6)89)66(111)87-24-10-13-44(87)64(109)84-52(31(3)4)67(112)113/h30-44,52-53,88-89H,7-29,68-69H2,1-6H3,(H2,70,90)(H2,71,91)(H2,72,92)(H2,73,93)(H,74,101)(H,75,102)(H,76,94)(H,77,99)(H,78,107)(H,79,103)(H,80,106)(H,81,108)(H,82,100)(H,83,104)(H,84,109)(H,85,105)(H,95,96)(H,97,98)(H,112,113)/t32-,33+,34-,35-,36-,37-,38-,39-,40-,41-,42-,43-,44-,52-,53-/m0/s1. The molecule has 0 spiro atoms. The average Bonchev–Trinajstić information content (AvgIpc) is 1.73. The van der Waals surface area contributed by atoms with Crippen LogP contribution in [0.5, 0.6) is 0 Å². The molecule has 2 fully saturated rings. The maximum absolute atomic E-state index is 14.3. The van der Waals surface area contributed by atoms with E-state index in [0.717, 1.165) is 23.6 Å². The fraction of sp³-hybridized carbons (Fsp3) is 0.687. The zero-order chi connectivity index (χ0) is 85.8. The van der Waals surface area contributed by atoms with E-state index in [-0.39, 0.29) is 76.9 Å². The summed E-state index contributed by atoms with van der Waals surface area (Å²) in [5, 5.41) is 77.2. The lowest BCUT2D eigenvalue weighted by Crippen LogP contribution is -2.61. The van der Waals surface area contributed by atoms with Crippen molar-refractivity contribution in [1.29, 1.82) is 0 Å². The highest BCUT2D eigenvalue weighted by Crippen LogP contribution is 2.23. The minimum Gasteiger partial charge on any atom is -0.481 e. The molecule has 29 N–H and O–H groups in total. The Kier molecular flexibility index (Phi) is 42.0. The zero-order valence-corrected chi connectivity index (χ0v) is 63.7. The fourth-order valence-electron chi connectivity index (χ4n) is 11.8. The van der Waals surface area contributed by atoms with E-state index in [0.29, 0.717) is 0 Å². The number of nitrogens with zero attached hydrogens (tertiary/aromatic N) is 2. The van der Waals surface area contributed by atoms with Gasteiger partial charge in [-0.1, -0.05) is 27.7 Å². The van der Waals surface area contributed by atoms with Gasteiger partial charge in [0.1, 0.15) is 78.5 Å². The summed E-state index contributed by atoms with van der Waals surface area (Å²) < 4.78 is 0. The van der Waals surface area contributed by atoms with Crippen LogP contribution in [0.3, 0.4) is 0 Å². The zero-order valence-electron chi connectivity index (χ0n) is 63.7. The molecule has 46 nitrogen and oxygen atoms in total. The van der Waals surface area contributed by atoms with Crippen molar-refractivity contribution in [2.45, 2.75) is 248 Å². The molecule has 0 radical (unpaired) electrons. The van der Waals surface area contributed by atoms with Crippen LogP contribution in [0.25, 0.3) is 0 Å². The number of aliphatic hydroxyl groups is 2. The van der Waals surface area contributed by atoms with Crippen LogP contribution in [0.15, 0.2) is 0 Å². The van der Waals surface area contributed by atoms with Crippen LogP contribution in [0.2, 0.25) is 0 Å². The molecule has 15 atom stereocenters. The Morgan fingerprint density at radius 1 is 0.425 bits per heavy atom. The van der Waals surface area contributed by atoms with Crippen LogP contribution in [0.4, 0.5) is 0 Å². The van der Waals surface area contributed by atoms with Gasteiger partial charge in [0.2, 0.25) is 106 Å². The quantitative estimate of drug-likeness (QED) is 0.0252. The molecule has 2 rings (SSSR count). The number of hydrogen-bond donors (Lipinski definition) is 23. The highest BCUT2D eigenvalue weighted by molar-refractivity contribution is 6.01. The van der Waals surface area contributed by atoms with E-state index >= 15 is 0 Å². The number of aliphatic carboxylic acids is 3. The molecule has 0 aromatic rings. The van der Waals surface area contributed by atoms with Crippen LogP contribution >= 0.6 is 0 Å². The summed E-state index contributed by atoms with van der Waals surface area (Å²) >= 11 is 0. The van der Waals surface area contributed by atoms with Gasteiger partial charge in [-0.25, -0.2) is 4.79 Å². The summed E-state index contributed by atoms with van der Waals surface area (Å²) in [4.78, 5) is 278. The normalized spacial score (nSPS) is 17.3. The lowest BCUT2D eigenvalue weighted by Gasteiger charge is -2.32. The summed E-state index contributed by atoms with van der Waals surface area (Å²) in [6, 6.07) is -22.9. The Morgan fingerprint density at radius 3 is 1.29 bits per heavy atom. The first-order valence-electron chi connectivity index (χ1n) is 36.6. The first-order valence-corrected chi connectivity index (χ1v) is 36.6. The maximum Gasteiger partial charge on any atom is 0.326 e. The maximum atomic E-state index is 14.3. The summed E-state index contributed by atoms with van der Waals surface area (Å²) in [7, 11) is 0. The second kappa shape index (κ2) is 48.5. The minimum absolute atomic E-state index is 0.0493. The van der Waals surface area contributed by atoms with Gasteiger partial charge >= 0.3 is 17.9 Å². The lowest BCUT2D eigenvalue weighted by atomic mass is 10.0. The van der Waals surface area contributed by atoms with Crippen molar-refractivity contribution < 1.29 is 126 Å². The Bertz CT molecular complexity index is 3450. The van der Waals surface area contributed by atoms with E-state index in [1.165, 1.54) is 0 Å². The Hall–Kier alpha value is -11.3. The van der Waals surface area contributed by atoms with E-state index in [9.17, 15) is 121 Å². The van der Waals surface area contributed by atoms with Crippen molar-refractivity contribution >= 4 is 124 Å². The van der Waals surface area contributed by atoms with Crippen molar-refractivity contribution in [3.05, 3.63) is 0 Å². The molecule has 0 bridgehead atoms. The van der Waals surface area contributed by atoms with E-state index < -0.39 is 298 Å². The Morgan fingerprint density at radius 2 is 0.850 bits per heavy atom. The topological polar surface area (TPSA) is 767 Å². The second-order valence-electron chi connectivity index (χ2n) is 28.1. The van der Waals surface area contributed by atoms with Crippen LogP contribution in [0.1, 0.15) is 157 Å². The molecule has 46 heteroatoms. The second-order valence-corrected chi connectivity index (χ2v) is 28.1. The van der Waals surface area contributed by atoms with Crippen LogP contribution in [-0.4, -0.2) is 283 Å². The van der Waals surface area contributed by atoms with Gasteiger partial charge in [-0.15, -0.1) is 0 Å². The number of carbonyl (C=O) groups is 21. The van der Waals surface area contributed by atoms with Crippen molar-refractivity contribution in [1.82, 2.24) is 73.6 Å². The molecule has 0 unspecified atom stereocenters. The number of rotatable bonds is 52. The van der Waals surface area contributed by atoms with Gasteiger partial charge in [-0.2, -0.15) is 0 Å². The summed E-state index contributed by atoms with van der Waals surface area (Å²) in [5.74, 6) is -24.5. The van der Waals surface area contributed by atoms with Crippen molar-refractivity contribution in [3.63, 3.8) is 0 Å². The molecule has 2 heterocycles. The molecule has 0 aromatic carbocycles. The molecule has 2 aliphatic rings. The van der Waals surface area contributed by atoms with Gasteiger partial charge in [0.05, 0.1) is 38.1 Å². The number of primary amides is 4. The molecule has 0 aromatic heterocycles. The molecule has 0 aliphatic carbocycles. The molecular formula is C67H110N20O26. The summed E-state index contributed by atoms with van der Waals surface area (Å²) in [6.45, 7) is 6.28. The number of likely N-dealkylation sites (tertiary alicyclic amines) is 2. The third-order valence-electron chi connectivity index (χ3n) is 17.9. The van der Waals surface area contributed by atoms with Crippen LogP contribution < -0.4 is 98.2 Å². The number of hydrogen-bond acceptors (Lipinski definition) is 25. The van der Waals surface area contributed by atoms with Gasteiger partial charge in [-0.05, 0) is 109 Å². The molecule has 18 amide bonds. The van der Waals surface area contributed by atoms with Gasteiger partial charge in [0.15, 0.2) is 0 Å². The smallest absolute Gasteiger partial charge is 0.326 e. The van der Waals surface area contributed by atoms with Crippen molar-refractivity contribution in [3.8, 4) is 0 Å². The summed E-state index contributed by atoms with van der Waals surface area (Å²) in [5.41, 5.74) is 32.9. The number of nitrogens with one attached hydrogen (secondary N) is 12. The lowest BCUT2D eigenvalue weighted by molar-refractivity contribution is -0.147. The highest BCUT2D eigenvalue weighted by Gasteiger charge is 2.44. The molecular weight excluding hydrogens is 1500 g/mol. The number of unbranched alkanes of at least 4 members (excludes halogenated alkanes) is 1. The van der Waals surface area contributed by atoms with E-state index in [1.807, 2.05) is 0 Å². The number of carboxylic acid groups (broad SMARTS) is 3. The van der Waals surface area contributed by atoms with Gasteiger partial charge < -0.3 is 134 Å². The Balaban J connectivity index is 2.33. The predicted octanol–water partition coefficient (Wildman–Crippen LogP) is -10.9. The Labute approximate surface area is 648 Å². The van der Waals surface area contributed by atoms with E-state index in [1.54, 1.807) is 27.7 Å². The number of amides is 18. The predicted molar refractivity (Wildman–Crippen MR) is 389 cm³/mol. The van der Waals surface area contributed by atoms with Crippen molar-refractivity contribution in [2.75, 3.05) is 32.8 Å². The third kappa shape index (κ3) is 34.5. The van der Waals surface area contributed by atoms with E-state index in [4.69, 9.17) is 39.5 Å². The number of nitrogens with two attached hydrogens (primary N) is 6.